The van der Waals surface area contributed by atoms with Gasteiger partial charge in [0.1, 0.15) is 11.3 Å². The van der Waals surface area contributed by atoms with Gasteiger partial charge >= 0.3 is 0 Å². The molecule has 0 spiro atoms. The van der Waals surface area contributed by atoms with E-state index in [2.05, 4.69) is 77.5 Å². The Morgan fingerprint density at radius 1 is 0.882 bits per heavy atom. The first-order valence-corrected chi connectivity index (χ1v) is 13.5. The van der Waals surface area contributed by atoms with E-state index in [0.717, 1.165) is 42.1 Å². The van der Waals surface area contributed by atoms with E-state index in [1.165, 1.54) is 72.5 Å². The predicted octanol–water partition coefficient (Wildman–Crippen LogP) is 8.04. The maximum Gasteiger partial charge on any atom is 0.141 e. The number of para-hydroxylation sites is 1. The highest BCUT2D eigenvalue weighted by molar-refractivity contribution is 5.98. The van der Waals surface area contributed by atoms with Crippen LogP contribution in [0, 0.1) is 17.8 Å². The molecule has 4 fully saturated rings. The average Bonchev–Trinajstić information content (AvgIpc) is 3.20. The summed E-state index contributed by atoms with van der Waals surface area (Å²) in [5.41, 5.74) is 5.20. The summed E-state index contributed by atoms with van der Waals surface area (Å²) in [5, 5.41) is 6.70. The number of benzene rings is 3. The van der Waals surface area contributed by atoms with E-state index in [9.17, 15) is 0 Å². The number of nitrogens with zero attached hydrogens (tertiary/aromatic N) is 2. The molecule has 1 aromatic heterocycles. The van der Waals surface area contributed by atoms with E-state index >= 15 is 0 Å². The second kappa shape index (κ2) is 7.86. The van der Waals surface area contributed by atoms with E-state index in [4.69, 9.17) is 4.98 Å². The molecule has 3 aromatic carbocycles. The molecule has 4 aliphatic carbocycles. The van der Waals surface area contributed by atoms with Crippen LogP contribution in [0.15, 0.2) is 60.7 Å². The zero-order chi connectivity index (χ0) is 22.7. The molecule has 1 N–H and O–H groups in total. The maximum absolute atomic E-state index is 5.38. The standard InChI is InChI=1S/C31H35N3/c1-2-3-14-34-28-13-7-12-27(33-31-18-21-15-22(19-31)17-23(16-21)20-31)29(28)32-30(34)26-11-6-9-24-8-4-5-10-25(24)26/h4-13,21-23,33H,2-3,14-20H2,1H3. The number of anilines is 1. The van der Waals surface area contributed by atoms with Crippen LogP contribution in [0.1, 0.15) is 58.3 Å². The molecule has 1 heterocycles. The Kier molecular flexibility index (Phi) is 4.75. The molecule has 0 radical (unpaired) electrons. The van der Waals surface area contributed by atoms with Crippen LogP contribution in [0.25, 0.3) is 33.2 Å². The Morgan fingerprint density at radius 2 is 1.59 bits per heavy atom. The van der Waals surface area contributed by atoms with Crippen LogP contribution in [0.2, 0.25) is 0 Å². The van der Waals surface area contributed by atoms with Crippen molar-refractivity contribution in [1.29, 1.82) is 0 Å². The molecule has 0 atom stereocenters. The van der Waals surface area contributed by atoms with E-state index in [1.807, 2.05) is 0 Å². The quantitative estimate of drug-likeness (QED) is 0.323. The number of hydrogen-bond acceptors (Lipinski definition) is 2. The molecule has 3 heteroatoms. The minimum absolute atomic E-state index is 0.288. The van der Waals surface area contributed by atoms with Gasteiger partial charge in [0.2, 0.25) is 0 Å². The summed E-state index contributed by atoms with van der Waals surface area (Å²) >= 11 is 0. The fourth-order valence-corrected chi connectivity index (χ4v) is 7.97. The minimum Gasteiger partial charge on any atom is -0.378 e. The van der Waals surface area contributed by atoms with Crippen LogP contribution in [0.3, 0.4) is 0 Å². The predicted molar refractivity (Wildman–Crippen MR) is 142 cm³/mol. The lowest BCUT2D eigenvalue weighted by molar-refractivity contribution is 0.0108. The van der Waals surface area contributed by atoms with Gasteiger partial charge in [0.15, 0.2) is 0 Å². The number of hydrogen-bond donors (Lipinski definition) is 1. The second-order valence-corrected chi connectivity index (χ2v) is 11.5. The van der Waals surface area contributed by atoms with Crippen molar-refractivity contribution in [2.75, 3.05) is 5.32 Å². The molecule has 34 heavy (non-hydrogen) atoms. The van der Waals surface area contributed by atoms with Crippen LogP contribution in [0.5, 0.6) is 0 Å². The Hall–Kier alpha value is -2.81. The van der Waals surface area contributed by atoms with Gasteiger partial charge in [-0.25, -0.2) is 4.98 Å². The second-order valence-electron chi connectivity index (χ2n) is 11.5. The molecule has 3 nitrogen and oxygen atoms in total. The SMILES string of the molecule is CCCCn1c(-c2cccc3ccccc23)nc2c(NC34CC5CC(CC(C5)C3)C4)cccc21. The summed E-state index contributed by atoms with van der Waals surface area (Å²) in [6, 6.07) is 22.1. The molecular formula is C31H35N3. The van der Waals surface area contributed by atoms with Gasteiger partial charge < -0.3 is 9.88 Å². The molecule has 0 amide bonds. The number of rotatable bonds is 6. The third-order valence-corrected chi connectivity index (χ3v) is 8.98. The molecule has 0 aliphatic heterocycles. The van der Waals surface area contributed by atoms with Crippen LogP contribution < -0.4 is 5.32 Å². The monoisotopic (exact) mass is 449 g/mol. The Balaban J connectivity index is 1.36. The van der Waals surface area contributed by atoms with Crippen molar-refractivity contribution >= 4 is 27.5 Å². The first-order valence-electron chi connectivity index (χ1n) is 13.5. The molecule has 4 aliphatic rings. The fraction of sp³-hybridized carbons (Fsp3) is 0.452. The number of nitrogens with one attached hydrogen (secondary N) is 1. The number of imidazole rings is 1. The van der Waals surface area contributed by atoms with Crippen molar-refractivity contribution in [3.8, 4) is 11.4 Å². The number of fused-ring (bicyclic) bond motifs is 2. The smallest absolute Gasteiger partial charge is 0.141 e. The van der Waals surface area contributed by atoms with Crippen LogP contribution >= 0.6 is 0 Å². The normalized spacial score (nSPS) is 27.6. The lowest BCUT2D eigenvalue weighted by Gasteiger charge is -2.57. The van der Waals surface area contributed by atoms with Gasteiger partial charge in [0.05, 0.1) is 11.2 Å². The first kappa shape index (κ1) is 20.6. The van der Waals surface area contributed by atoms with Crippen molar-refractivity contribution in [3.63, 3.8) is 0 Å². The largest absolute Gasteiger partial charge is 0.378 e. The minimum atomic E-state index is 0.288. The van der Waals surface area contributed by atoms with Gasteiger partial charge in [-0.1, -0.05) is 61.9 Å². The van der Waals surface area contributed by atoms with E-state index in [-0.39, 0.29) is 5.54 Å². The van der Waals surface area contributed by atoms with Gasteiger partial charge in [-0.2, -0.15) is 0 Å². The summed E-state index contributed by atoms with van der Waals surface area (Å²) in [7, 11) is 0. The zero-order valence-corrected chi connectivity index (χ0v) is 20.3. The maximum atomic E-state index is 5.38. The molecule has 4 saturated carbocycles. The van der Waals surface area contributed by atoms with E-state index in [0.29, 0.717) is 0 Å². The first-order chi connectivity index (χ1) is 16.7. The van der Waals surface area contributed by atoms with Crippen LogP contribution in [0.4, 0.5) is 5.69 Å². The highest BCUT2D eigenvalue weighted by atomic mass is 15.1. The zero-order valence-electron chi connectivity index (χ0n) is 20.3. The molecule has 4 bridgehead atoms. The van der Waals surface area contributed by atoms with Crippen molar-refractivity contribution in [2.45, 2.75) is 70.4 Å². The Labute approximate surface area is 202 Å². The highest BCUT2D eigenvalue weighted by Gasteiger charge is 2.51. The summed E-state index contributed by atoms with van der Waals surface area (Å²) in [4.78, 5) is 5.38. The van der Waals surface area contributed by atoms with Crippen molar-refractivity contribution in [2.24, 2.45) is 17.8 Å². The van der Waals surface area contributed by atoms with Gasteiger partial charge in [0.25, 0.3) is 0 Å². The summed E-state index contributed by atoms with van der Waals surface area (Å²) < 4.78 is 2.48. The molecule has 0 unspecified atom stereocenters. The average molecular weight is 450 g/mol. The van der Waals surface area contributed by atoms with Crippen LogP contribution in [-0.2, 0) is 6.54 Å². The van der Waals surface area contributed by atoms with E-state index < -0.39 is 0 Å². The number of aryl methyl sites for hydroxylation is 1. The van der Waals surface area contributed by atoms with Crippen molar-refractivity contribution in [3.05, 3.63) is 60.7 Å². The lowest BCUT2D eigenvalue weighted by atomic mass is 9.53. The molecule has 8 rings (SSSR count). The van der Waals surface area contributed by atoms with Gasteiger partial charge in [-0.05, 0) is 85.6 Å². The Morgan fingerprint density at radius 3 is 2.35 bits per heavy atom. The van der Waals surface area contributed by atoms with Crippen molar-refractivity contribution < 1.29 is 0 Å². The Bertz CT molecular complexity index is 1320. The van der Waals surface area contributed by atoms with Crippen LogP contribution in [-0.4, -0.2) is 15.1 Å². The van der Waals surface area contributed by atoms with Crippen molar-refractivity contribution in [1.82, 2.24) is 9.55 Å². The molecule has 0 saturated heterocycles. The fourth-order valence-electron chi connectivity index (χ4n) is 7.97. The number of aromatic nitrogens is 2. The highest BCUT2D eigenvalue weighted by Crippen LogP contribution is 2.56. The topological polar surface area (TPSA) is 29.9 Å². The lowest BCUT2D eigenvalue weighted by Crippen LogP contribution is -2.54. The van der Waals surface area contributed by atoms with Gasteiger partial charge in [-0.15, -0.1) is 0 Å². The summed E-state index contributed by atoms with van der Waals surface area (Å²) in [5.74, 6) is 3.92. The van der Waals surface area contributed by atoms with Gasteiger partial charge in [-0.3, -0.25) is 0 Å². The third-order valence-electron chi connectivity index (χ3n) is 8.98. The molecule has 174 valence electrons. The summed E-state index contributed by atoms with van der Waals surface area (Å²) in [6.07, 6.45) is 10.8. The number of unbranched alkanes of at least 4 members (excludes halogenated alkanes) is 1. The van der Waals surface area contributed by atoms with Gasteiger partial charge in [0, 0.05) is 17.6 Å². The van der Waals surface area contributed by atoms with E-state index in [1.54, 1.807) is 0 Å². The molecular weight excluding hydrogens is 414 g/mol. The molecule has 4 aromatic rings. The summed E-state index contributed by atoms with van der Waals surface area (Å²) in [6.45, 7) is 3.28. The third kappa shape index (κ3) is 3.27.